The minimum absolute atomic E-state index is 0.379. The first-order valence-corrected chi connectivity index (χ1v) is 7.13. The summed E-state index contributed by atoms with van der Waals surface area (Å²) in [5, 5.41) is 0. The van der Waals surface area contributed by atoms with Crippen LogP contribution in [0.25, 0.3) is 0 Å². The van der Waals surface area contributed by atoms with Gasteiger partial charge in [-0.05, 0) is 49.2 Å². The Labute approximate surface area is 131 Å². The third-order valence-corrected chi connectivity index (χ3v) is 3.65. The summed E-state index contributed by atoms with van der Waals surface area (Å²) in [4.78, 5) is 2.46. The summed E-state index contributed by atoms with van der Waals surface area (Å²) in [7, 11) is 3.65. The van der Waals surface area contributed by atoms with Gasteiger partial charge in [-0.25, -0.2) is 0 Å². The second-order valence-electron chi connectivity index (χ2n) is 5.15. The number of methoxy groups -OCH3 is 1. The van der Waals surface area contributed by atoms with E-state index in [-0.39, 0.29) is 0 Å². The van der Waals surface area contributed by atoms with E-state index >= 15 is 0 Å². The standard InChI is InChI=1S/C17H20N2OS/c1-11-7-12(2)9-13(8-11)19(3)16-10-14(20-4)5-6-15(16)17(18)21/h5-10H,1-4H3,(H2,18,21). The predicted octanol–water partition coefficient (Wildman–Crippen LogP) is 3.71. The molecule has 21 heavy (non-hydrogen) atoms. The number of benzene rings is 2. The number of anilines is 2. The van der Waals surface area contributed by atoms with Gasteiger partial charge in [0.1, 0.15) is 10.7 Å². The van der Waals surface area contributed by atoms with Crippen LogP contribution in [0.15, 0.2) is 36.4 Å². The molecule has 3 nitrogen and oxygen atoms in total. The van der Waals surface area contributed by atoms with Crippen LogP contribution in [-0.2, 0) is 0 Å². The molecule has 110 valence electrons. The summed E-state index contributed by atoms with van der Waals surface area (Å²) >= 11 is 5.16. The second-order valence-corrected chi connectivity index (χ2v) is 5.59. The first kappa shape index (κ1) is 15.3. The Morgan fingerprint density at radius 3 is 2.24 bits per heavy atom. The van der Waals surface area contributed by atoms with Crippen LogP contribution in [0.4, 0.5) is 11.4 Å². The minimum Gasteiger partial charge on any atom is -0.497 e. The Kier molecular flexibility index (Phi) is 4.48. The molecule has 0 amide bonds. The molecule has 0 fully saturated rings. The average Bonchev–Trinajstić information content (AvgIpc) is 2.44. The van der Waals surface area contributed by atoms with E-state index < -0.39 is 0 Å². The smallest absolute Gasteiger partial charge is 0.120 e. The van der Waals surface area contributed by atoms with Crippen LogP contribution in [0.1, 0.15) is 16.7 Å². The van der Waals surface area contributed by atoms with Crippen molar-refractivity contribution < 1.29 is 4.74 Å². The molecule has 2 N–H and O–H groups in total. The lowest BCUT2D eigenvalue weighted by Gasteiger charge is -2.24. The number of thiocarbonyl (C=S) groups is 1. The highest BCUT2D eigenvalue weighted by Crippen LogP contribution is 2.31. The fraction of sp³-hybridized carbons (Fsp3) is 0.235. The lowest BCUT2D eigenvalue weighted by atomic mass is 10.1. The Bertz CT molecular complexity index is 662. The zero-order valence-electron chi connectivity index (χ0n) is 12.8. The monoisotopic (exact) mass is 300 g/mol. The molecular formula is C17H20N2OS. The van der Waals surface area contributed by atoms with E-state index in [9.17, 15) is 0 Å². The number of nitrogens with zero attached hydrogens (tertiary/aromatic N) is 1. The largest absolute Gasteiger partial charge is 0.497 e. The topological polar surface area (TPSA) is 38.5 Å². The number of hydrogen-bond donors (Lipinski definition) is 1. The summed E-state index contributed by atoms with van der Waals surface area (Å²) in [5.74, 6) is 0.779. The first-order valence-electron chi connectivity index (χ1n) is 6.72. The van der Waals surface area contributed by atoms with Crippen LogP contribution in [-0.4, -0.2) is 19.1 Å². The number of aryl methyl sites for hydroxylation is 2. The quantitative estimate of drug-likeness (QED) is 0.874. The molecule has 0 bridgehead atoms. The van der Waals surface area contributed by atoms with E-state index in [0.717, 1.165) is 22.7 Å². The van der Waals surface area contributed by atoms with Crippen molar-refractivity contribution in [2.45, 2.75) is 13.8 Å². The Hall–Kier alpha value is -2.07. The van der Waals surface area contributed by atoms with E-state index in [2.05, 4.69) is 36.9 Å². The lowest BCUT2D eigenvalue weighted by molar-refractivity contribution is 0.415. The van der Waals surface area contributed by atoms with Crippen LogP contribution in [0.5, 0.6) is 5.75 Å². The highest BCUT2D eigenvalue weighted by Gasteiger charge is 2.13. The van der Waals surface area contributed by atoms with E-state index in [1.54, 1.807) is 7.11 Å². The van der Waals surface area contributed by atoms with Crippen molar-refractivity contribution in [2.24, 2.45) is 5.73 Å². The second kappa shape index (κ2) is 6.14. The molecule has 0 aromatic heterocycles. The molecular weight excluding hydrogens is 280 g/mol. The van der Waals surface area contributed by atoms with Gasteiger partial charge in [0.05, 0.1) is 12.8 Å². The first-order chi connectivity index (χ1) is 9.92. The predicted molar refractivity (Wildman–Crippen MR) is 92.9 cm³/mol. The van der Waals surface area contributed by atoms with Crippen molar-refractivity contribution in [2.75, 3.05) is 19.1 Å². The summed E-state index contributed by atoms with van der Waals surface area (Å²) in [6, 6.07) is 12.1. The molecule has 0 saturated carbocycles. The van der Waals surface area contributed by atoms with Crippen LogP contribution in [0.2, 0.25) is 0 Å². The van der Waals surface area contributed by atoms with Crippen LogP contribution in [0, 0.1) is 13.8 Å². The van der Waals surface area contributed by atoms with Crippen molar-refractivity contribution in [3.05, 3.63) is 53.1 Å². The fourth-order valence-electron chi connectivity index (χ4n) is 2.41. The van der Waals surface area contributed by atoms with Gasteiger partial charge in [-0.1, -0.05) is 18.3 Å². The van der Waals surface area contributed by atoms with E-state index in [0.29, 0.717) is 4.99 Å². The van der Waals surface area contributed by atoms with Gasteiger partial charge in [0.15, 0.2) is 0 Å². The van der Waals surface area contributed by atoms with E-state index in [4.69, 9.17) is 22.7 Å². The average molecular weight is 300 g/mol. The molecule has 0 unspecified atom stereocenters. The molecule has 0 aliphatic heterocycles. The Morgan fingerprint density at radius 2 is 1.71 bits per heavy atom. The minimum atomic E-state index is 0.379. The maximum atomic E-state index is 5.85. The third-order valence-electron chi connectivity index (χ3n) is 3.43. The molecule has 2 rings (SSSR count). The molecule has 0 atom stereocenters. The molecule has 2 aromatic carbocycles. The SMILES string of the molecule is COc1ccc(C(N)=S)c(N(C)c2cc(C)cc(C)c2)c1. The molecule has 2 aromatic rings. The van der Waals surface area contributed by atoms with Gasteiger partial charge >= 0.3 is 0 Å². The van der Waals surface area contributed by atoms with Crippen molar-refractivity contribution in [1.29, 1.82) is 0 Å². The summed E-state index contributed by atoms with van der Waals surface area (Å²) in [5.41, 5.74) is 11.2. The highest BCUT2D eigenvalue weighted by molar-refractivity contribution is 7.80. The lowest BCUT2D eigenvalue weighted by Crippen LogP contribution is -2.18. The maximum absolute atomic E-state index is 5.85. The third kappa shape index (κ3) is 3.34. The molecule has 0 heterocycles. The van der Waals surface area contributed by atoms with Crippen LogP contribution < -0.4 is 15.4 Å². The zero-order chi connectivity index (χ0) is 15.6. The Morgan fingerprint density at radius 1 is 1.10 bits per heavy atom. The van der Waals surface area contributed by atoms with Crippen molar-refractivity contribution >= 4 is 28.6 Å². The van der Waals surface area contributed by atoms with Gasteiger partial charge < -0.3 is 15.4 Å². The number of nitrogens with two attached hydrogens (primary N) is 1. The van der Waals surface area contributed by atoms with E-state index in [1.165, 1.54) is 11.1 Å². The fourth-order valence-corrected chi connectivity index (χ4v) is 2.58. The van der Waals surface area contributed by atoms with Crippen molar-refractivity contribution in [3.8, 4) is 5.75 Å². The normalized spacial score (nSPS) is 10.3. The van der Waals surface area contributed by atoms with E-state index in [1.807, 2.05) is 25.2 Å². The molecule has 0 aliphatic carbocycles. The van der Waals surface area contributed by atoms with Gasteiger partial charge in [-0.2, -0.15) is 0 Å². The Balaban J connectivity index is 2.55. The summed E-state index contributed by atoms with van der Waals surface area (Å²) in [6.45, 7) is 4.18. The number of hydrogen-bond acceptors (Lipinski definition) is 3. The van der Waals surface area contributed by atoms with Crippen molar-refractivity contribution in [3.63, 3.8) is 0 Å². The van der Waals surface area contributed by atoms with Gasteiger partial charge in [0.25, 0.3) is 0 Å². The van der Waals surface area contributed by atoms with Gasteiger partial charge in [-0.15, -0.1) is 0 Å². The molecule has 0 radical (unpaired) electrons. The van der Waals surface area contributed by atoms with Crippen LogP contribution >= 0.6 is 12.2 Å². The summed E-state index contributed by atoms with van der Waals surface area (Å²) < 4.78 is 5.31. The zero-order valence-corrected chi connectivity index (χ0v) is 13.6. The van der Waals surface area contributed by atoms with Crippen LogP contribution in [0.3, 0.4) is 0 Å². The van der Waals surface area contributed by atoms with Crippen molar-refractivity contribution in [1.82, 2.24) is 0 Å². The number of rotatable bonds is 4. The van der Waals surface area contributed by atoms with Gasteiger partial charge in [0, 0.05) is 24.4 Å². The molecule has 4 heteroatoms. The summed E-state index contributed by atoms with van der Waals surface area (Å²) in [6.07, 6.45) is 0. The molecule has 0 saturated heterocycles. The van der Waals surface area contributed by atoms with Gasteiger partial charge in [0.2, 0.25) is 0 Å². The number of ether oxygens (including phenoxy) is 1. The van der Waals surface area contributed by atoms with Gasteiger partial charge in [-0.3, -0.25) is 0 Å². The molecule has 0 spiro atoms. The molecule has 0 aliphatic rings. The maximum Gasteiger partial charge on any atom is 0.120 e. The highest BCUT2D eigenvalue weighted by atomic mass is 32.1.